The molecule has 0 aliphatic carbocycles. The van der Waals surface area contributed by atoms with Crippen LogP contribution < -0.4 is 5.32 Å². The fourth-order valence-corrected chi connectivity index (χ4v) is 1.42. The van der Waals surface area contributed by atoms with E-state index in [1.807, 2.05) is 27.7 Å². The lowest BCUT2D eigenvalue weighted by atomic mass is 9.84. The van der Waals surface area contributed by atoms with Crippen molar-refractivity contribution >= 4 is 0 Å². The highest BCUT2D eigenvalue weighted by Crippen LogP contribution is 2.30. The van der Waals surface area contributed by atoms with Crippen LogP contribution in [0.4, 0.5) is 4.39 Å². The molecule has 0 aromatic rings. The Hall–Kier alpha value is -0.110. The van der Waals surface area contributed by atoms with Gasteiger partial charge in [-0.1, -0.05) is 27.7 Å². The Morgan fingerprint density at radius 2 is 1.58 bits per heavy atom. The van der Waals surface area contributed by atoms with Crippen molar-refractivity contribution < 1.29 is 4.39 Å². The lowest BCUT2D eigenvalue weighted by molar-refractivity contribution is 0.0626. The van der Waals surface area contributed by atoms with Crippen molar-refractivity contribution in [3.8, 4) is 0 Å². The molecule has 1 fully saturated rings. The van der Waals surface area contributed by atoms with Gasteiger partial charge in [-0.2, -0.15) is 0 Å². The number of piperidine rings is 1. The molecule has 0 bridgehead atoms. The number of alkyl halides is 1. The Morgan fingerprint density at radius 3 is 1.83 bits per heavy atom. The highest BCUT2D eigenvalue weighted by atomic mass is 19.1. The number of hydrogen-bond donors (Lipinski definition) is 1. The maximum Gasteiger partial charge on any atom is 0.115 e. The molecule has 1 nitrogen and oxygen atoms in total. The second kappa shape index (κ2) is 5.52. The van der Waals surface area contributed by atoms with Gasteiger partial charge in [0.25, 0.3) is 0 Å². The standard InChI is InChI=1S/C8H16FN.C2H6/c1-7(2)8(9)3-5-10-6-4-8;1-2/h7,10H,3-6H2,1-2H3;1-2H3. The van der Waals surface area contributed by atoms with Crippen LogP contribution in [0.5, 0.6) is 0 Å². The van der Waals surface area contributed by atoms with Crippen LogP contribution in [0.25, 0.3) is 0 Å². The first-order valence-electron chi connectivity index (χ1n) is 5.05. The molecular formula is C10H22FN. The van der Waals surface area contributed by atoms with Gasteiger partial charge in [-0.15, -0.1) is 0 Å². The topological polar surface area (TPSA) is 12.0 Å². The van der Waals surface area contributed by atoms with Crippen molar-refractivity contribution in [3.05, 3.63) is 0 Å². The Morgan fingerprint density at radius 1 is 1.17 bits per heavy atom. The van der Waals surface area contributed by atoms with Crippen molar-refractivity contribution in [2.24, 2.45) is 5.92 Å². The van der Waals surface area contributed by atoms with Crippen molar-refractivity contribution in [2.75, 3.05) is 13.1 Å². The summed E-state index contributed by atoms with van der Waals surface area (Å²) in [6.07, 6.45) is 1.37. The summed E-state index contributed by atoms with van der Waals surface area (Å²) in [4.78, 5) is 0. The first-order valence-corrected chi connectivity index (χ1v) is 5.05. The summed E-state index contributed by atoms with van der Waals surface area (Å²) in [7, 11) is 0. The molecule has 1 saturated heterocycles. The van der Waals surface area contributed by atoms with Crippen LogP contribution in [0, 0.1) is 5.92 Å². The zero-order valence-electron chi connectivity index (χ0n) is 8.78. The lowest BCUT2D eigenvalue weighted by Crippen LogP contribution is -2.42. The summed E-state index contributed by atoms with van der Waals surface area (Å²) in [6, 6.07) is 0. The molecule has 12 heavy (non-hydrogen) atoms. The minimum Gasteiger partial charge on any atom is -0.316 e. The number of hydrogen-bond acceptors (Lipinski definition) is 1. The van der Waals surface area contributed by atoms with Crippen LogP contribution in [0.2, 0.25) is 0 Å². The molecule has 1 N–H and O–H groups in total. The van der Waals surface area contributed by atoms with E-state index in [9.17, 15) is 4.39 Å². The van der Waals surface area contributed by atoms with Gasteiger partial charge in [-0.3, -0.25) is 0 Å². The average Bonchev–Trinajstić information content (AvgIpc) is 2.09. The van der Waals surface area contributed by atoms with Crippen LogP contribution in [0.15, 0.2) is 0 Å². The van der Waals surface area contributed by atoms with E-state index >= 15 is 0 Å². The predicted octanol–water partition coefficient (Wildman–Crippen LogP) is 2.76. The molecule has 0 unspecified atom stereocenters. The first kappa shape index (κ1) is 11.9. The minimum absolute atomic E-state index is 0.176. The fraction of sp³-hybridized carbons (Fsp3) is 1.00. The van der Waals surface area contributed by atoms with Gasteiger partial charge in [0.05, 0.1) is 0 Å². The molecular weight excluding hydrogens is 153 g/mol. The van der Waals surface area contributed by atoms with E-state index < -0.39 is 5.67 Å². The van der Waals surface area contributed by atoms with Gasteiger partial charge in [0, 0.05) is 0 Å². The van der Waals surface area contributed by atoms with E-state index in [0.29, 0.717) is 12.8 Å². The molecule has 2 heteroatoms. The van der Waals surface area contributed by atoms with E-state index in [4.69, 9.17) is 0 Å². The summed E-state index contributed by atoms with van der Waals surface area (Å²) in [5.74, 6) is 0.176. The Bertz CT molecular complexity index is 106. The zero-order chi connectivity index (χ0) is 9.61. The monoisotopic (exact) mass is 175 g/mol. The van der Waals surface area contributed by atoms with Gasteiger partial charge < -0.3 is 5.32 Å². The fourth-order valence-electron chi connectivity index (χ4n) is 1.42. The molecule has 0 amide bonds. The molecule has 0 aromatic heterocycles. The van der Waals surface area contributed by atoms with E-state index in [2.05, 4.69) is 5.32 Å². The Balaban J connectivity index is 0.000000561. The van der Waals surface area contributed by atoms with E-state index in [0.717, 1.165) is 13.1 Å². The molecule has 0 saturated carbocycles. The van der Waals surface area contributed by atoms with Crippen molar-refractivity contribution in [1.29, 1.82) is 0 Å². The van der Waals surface area contributed by atoms with E-state index in [-0.39, 0.29) is 5.92 Å². The molecule has 1 aliphatic heterocycles. The summed E-state index contributed by atoms with van der Waals surface area (Å²) in [5, 5.41) is 3.15. The molecule has 0 spiro atoms. The maximum absolute atomic E-state index is 13.7. The van der Waals surface area contributed by atoms with Crippen LogP contribution in [0.1, 0.15) is 40.5 Å². The third-order valence-corrected chi connectivity index (χ3v) is 2.47. The van der Waals surface area contributed by atoms with Gasteiger partial charge in [0.2, 0.25) is 0 Å². The van der Waals surface area contributed by atoms with Crippen molar-refractivity contribution in [1.82, 2.24) is 5.32 Å². The quantitative estimate of drug-likeness (QED) is 0.646. The first-order chi connectivity index (χ1) is 5.65. The predicted molar refractivity (Wildman–Crippen MR) is 52.1 cm³/mol. The Labute approximate surface area is 75.7 Å². The van der Waals surface area contributed by atoms with Crippen LogP contribution in [0.3, 0.4) is 0 Å². The normalized spacial score (nSPS) is 21.5. The molecule has 1 heterocycles. The molecule has 0 radical (unpaired) electrons. The third kappa shape index (κ3) is 3.10. The zero-order valence-corrected chi connectivity index (χ0v) is 8.78. The summed E-state index contributed by atoms with van der Waals surface area (Å²) in [6.45, 7) is 9.61. The van der Waals surface area contributed by atoms with Gasteiger partial charge in [-0.25, -0.2) is 4.39 Å². The SMILES string of the molecule is CC.CC(C)C1(F)CCNCC1. The second-order valence-electron chi connectivity index (χ2n) is 3.44. The van der Waals surface area contributed by atoms with E-state index in [1.165, 1.54) is 0 Å². The number of halogens is 1. The second-order valence-corrected chi connectivity index (χ2v) is 3.44. The highest BCUT2D eigenvalue weighted by Gasteiger charge is 2.34. The summed E-state index contributed by atoms with van der Waals surface area (Å²) < 4.78 is 13.7. The third-order valence-electron chi connectivity index (χ3n) is 2.47. The molecule has 74 valence electrons. The summed E-state index contributed by atoms with van der Waals surface area (Å²) in [5.41, 5.74) is -0.884. The molecule has 0 aromatic carbocycles. The summed E-state index contributed by atoms with van der Waals surface area (Å²) >= 11 is 0. The molecule has 1 rings (SSSR count). The smallest absolute Gasteiger partial charge is 0.115 e. The largest absolute Gasteiger partial charge is 0.316 e. The maximum atomic E-state index is 13.7. The molecule has 1 aliphatic rings. The number of rotatable bonds is 1. The van der Waals surface area contributed by atoms with Crippen molar-refractivity contribution in [2.45, 2.75) is 46.2 Å². The van der Waals surface area contributed by atoms with Crippen LogP contribution in [-0.4, -0.2) is 18.8 Å². The van der Waals surface area contributed by atoms with Gasteiger partial charge in [0.1, 0.15) is 5.67 Å². The highest BCUT2D eigenvalue weighted by molar-refractivity contribution is 4.87. The molecule has 0 atom stereocenters. The van der Waals surface area contributed by atoms with Gasteiger partial charge in [-0.05, 0) is 31.8 Å². The number of nitrogens with one attached hydrogen (secondary N) is 1. The van der Waals surface area contributed by atoms with Gasteiger partial charge >= 0.3 is 0 Å². The van der Waals surface area contributed by atoms with Crippen LogP contribution >= 0.6 is 0 Å². The van der Waals surface area contributed by atoms with Gasteiger partial charge in [0.15, 0.2) is 0 Å². The minimum atomic E-state index is -0.884. The lowest BCUT2D eigenvalue weighted by Gasteiger charge is -2.33. The van der Waals surface area contributed by atoms with Crippen LogP contribution in [-0.2, 0) is 0 Å². The van der Waals surface area contributed by atoms with E-state index in [1.54, 1.807) is 0 Å². The average molecular weight is 175 g/mol. The Kier molecular flexibility index (Phi) is 5.47. The van der Waals surface area contributed by atoms with Crippen molar-refractivity contribution in [3.63, 3.8) is 0 Å².